The predicted molar refractivity (Wildman–Crippen MR) is 72.3 cm³/mol. The van der Waals surface area contributed by atoms with E-state index in [2.05, 4.69) is 15.5 Å². The number of hydrogen-bond acceptors (Lipinski definition) is 4. The number of halogens is 1. The summed E-state index contributed by atoms with van der Waals surface area (Å²) < 4.78 is 13.8. The maximum atomic E-state index is 13.8. The van der Waals surface area contributed by atoms with E-state index in [4.69, 9.17) is 0 Å². The Balaban J connectivity index is 2.13. The largest absolute Gasteiger partial charge is 0.320 e. The lowest BCUT2D eigenvalue weighted by molar-refractivity contribution is 0.629. The van der Waals surface area contributed by atoms with Crippen LogP contribution in [-0.4, -0.2) is 23.8 Å². The van der Waals surface area contributed by atoms with Crippen LogP contribution in [0.3, 0.4) is 0 Å². The average molecular weight is 265 g/mol. The minimum Gasteiger partial charge on any atom is -0.320 e. The third-order valence-electron chi connectivity index (χ3n) is 2.64. The van der Waals surface area contributed by atoms with Gasteiger partial charge in [-0.25, -0.2) is 4.39 Å². The standard InChI is InChI=1S/C13H16FN3S/c1-9-5-6-10(11(14)8-9)13-17-16-12(18-13)4-3-7-15-2/h5-6,8,15H,3-4,7H2,1-2H3. The molecule has 1 aromatic heterocycles. The van der Waals surface area contributed by atoms with E-state index in [-0.39, 0.29) is 5.82 Å². The van der Waals surface area contributed by atoms with Gasteiger partial charge in [0.25, 0.3) is 0 Å². The molecule has 0 atom stereocenters. The highest BCUT2D eigenvalue weighted by Crippen LogP contribution is 2.27. The first-order chi connectivity index (χ1) is 8.70. The fraction of sp³-hybridized carbons (Fsp3) is 0.385. The van der Waals surface area contributed by atoms with E-state index in [1.165, 1.54) is 17.4 Å². The SMILES string of the molecule is CNCCCc1nnc(-c2ccc(C)cc2F)s1. The van der Waals surface area contributed by atoms with Gasteiger partial charge in [0.05, 0.1) is 0 Å². The summed E-state index contributed by atoms with van der Waals surface area (Å²) >= 11 is 1.47. The molecule has 0 unspecified atom stereocenters. The zero-order chi connectivity index (χ0) is 13.0. The molecule has 3 nitrogen and oxygen atoms in total. The monoisotopic (exact) mass is 265 g/mol. The van der Waals surface area contributed by atoms with E-state index in [0.717, 1.165) is 30.0 Å². The van der Waals surface area contributed by atoms with Gasteiger partial charge in [0.1, 0.15) is 10.8 Å². The summed E-state index contributed by atoms with van der Waals surface area (Å²) in [5.41, 5.74) is 1.45. The Morgan fingerprint density at radius 1 is 1.33 bits per heavy atom. The van der Waals surface area contributed by atoms with Crippen LogP contribution in [0.5, 0.6) is 0 Å². The minimum absolute atomic E-state index is 0.229. The molecule has 0 bridgehead atoms. The average Bonchev–Trinajstić information content (AvgIpc) is 2.78. The fourth-order valence-corrected chi connectivity index (χ4v) is 2.58. The van der Waals surface area contributed by atoms with Gasteiger partial charge in [-0.1, -0.05) is 17.4 Å². The first kappa shape index (κ1) is 13.1. The second kappa shape index (κ2) is 6.02. The van der Waals surface area contributed by atoms with Crippen LogP contribution < -0.4 is 5.32 Å². The molecular weight excluding hydrogens is 249 g/mol. The lowest BCUT2D eigenvalue weighted by atomic mass is 10.1. The van der Waals surface area contributed by atoms with Gasteiger partial charge in [0.15, 0.2) is 5.01 Å². The quantitative estimate of drug-likeness (QED) is 0.845. The van der Waals surface area contributed by atoms with Gasteiger partial charge in [-0.05, 0) is 44.6 Å². The number of nitrogens with one attached hydrogen (secondary N) is 1. The summed E-state index contributed by atoms with van der Waals surface area (Å²) in [7, 11) is 1.92. The van der Waals surface area contributed by atoms with Crippen LogP contribution in [0.1, 0.15) is 17.0 Å². The van der Waals surface area contributed by atoms with Crippen molar-refractivity contribution in [2.24, 2.45) is 0 Å². The van der Waals surface area contributed by atoms with Gasteiger partial charge >= 0.3 is 0 Å². The summed E-state index contributed by atoms with van der Waals surface area (Å²) in [6.07, 6.45) is 1.90. The topological polar surface area (TPSA) is 37.8 Å². The van der Waals surface area contributed by atoms with Crippen molar-refractivity contribution >= 4 is 11.3 Å². The van der Waals surface area contributed by atoms with E-state index in [1.807, 2.05) is 20.0 Å². The lowest BCUT2D eigenvalue weighted by Crippen LogP contribution is -2.08. The van der Waals surface area contributed by atoms with Crippen molar-refractivity contribution in [3.8, 4) is 10.6 Å². The van der Waals surface area contributed by atoms with Crippen LogP contribution in [0.2, 0.25) is 0 Å². The molecule has 2 aromatic rings. The number of rotatable bonds is 5. The zero-order valence-corrected chi connectivity index (χ0v) is 11.4. The molecule has 2 rings (SSSR count). The smallest absolute Gasteiger partial charge is 0.150 e. The molecule has 0 aliphatic carbocycles. The molecule has 0 fully saturated rings. The van der Waals surface area contributed by atoms with Crippen molar-refractivity contribution in [2.75, 3.05) is 13.6 Å². The predicted octanol–water partition coefficient (Wildman–Crippen LogP) is 2.80. The molecule has 1 heterocycles. The molecule has 96 valence electrons. The summed E-state index contributed by atoms with van der Waals surface area (Å²) in [5.74, 6) is -0.229. The molecule has 1 N–H and O–H groups in total. The van der Waals surface area contributed by atoms with Crippen LogP contribution in [0, 0.1) is 12.7 Å². The molecule has 0 aliphatic heterocycles. The summed E-state index contributed by atoms with van der Waals surface area (Å²) in [5, 5.41) is 12.9. The van der Waals surface area contributed by atoms with Gasteiger partial charge < -0.3 is 5.32 Å². The van der Waals surface area contributed by atoms with Gasteiger partial charge in [0.2, 0.25) is 0 Å². The number of nitrogens with zero attached hydrogens (tertiary/aromatic N) is 2. The first-order valence-electron chi connectivity index (χ1n) is 5.94. The number of aromatic nitrogens is 2. The van der Waals surface area contributed by atoms with Crippen LogP contribution in [-0.2, 0) is 6.42 Å². The molecule has 0 saturated carbocycles. The molecule has 0 spiro atoms. The normalized spacial score (nSPS) is 10.8. The van der Waals surface area contributed by atoms with Crippen LogP contribution in [0.4, 0.5) is 4.39 Å². The maximum absolute atomic E-state index is 13.8. The number of hydrogen-bond donors (Lipinski definition) is 1. The number of benzene rings is 1. The van der Waals surface area contributed by atoms with Gasteiger partial charge in [0, 0.05) is 12.0 Å². The zero-order valence-electron chi connectivity index (χ0n) is 10.5. The Hall–Kier alpha value is -1.33. The van der Waals surface area contributed by atoms with E-state index < -0.39 is 0 Å². The molecular formula is C13H16FN3S. The Kier molecular flexibility index (Phi) is 4.38. The Labute approximate surface area is 110 Å². The molecule has 0 saturated heterocycles. The summed E-state index contributed by atoms with van der Waals surface area (Å²) in [6.45, 7) is 2.82. The van der Waals surface area contributed by atoms with Crippen LogP contribution in [0.15, 0.2) is 18.2 Å². The molecule has 0 amide bonds. The Bertz CT molecular complexity index is 525. The van der Waals surface area contributed by atoms with Crippen LogP contribution in [0.25, 0.3) is 10.6 Å². The minimum atomic E-state index is -0.229. The summed E-state index contributed by atoms with van der Waals surface area (Å²) in [4.78, 5) is 0. The van der Waals surface area contributed by atoms with Gasteiger partial charge in [-0.3, -0.25) is 0 Å². The molecule has 0 aliphatic rings. The molecule has 1 aromatic carbocycles. The third-order valence-corrected chi connectivity index (χ3v) is 3.66. The van der Waals surface area contributed by atoms with Crippen molar-refractivity contribution in [2.45, 2.75) is 19.8 Å². The fourth-order valence-electron chi connectivity index (χ4n) is 1.67. The van der Waals surface area contributed by atoms with Crippen molar-refractivity contribution in [3.63, 3.8) is 0 Å². The van der Waals surface area contributed by atoms with E-state index >= 15 is 0 Å². The van der Waals surface area contributed by atoms with Crippen molar-refractivity contribution in [3.05, 3.63) is 34.6 Å². The summed E-state index contributed by atoms with van der Waals surface area (Å²) in [6, 6.07) is 5.18. The highest BCUT2D eigenvalue weighted by Gasteiger charge is 2.11. The maximum Gasteiger partial charge on any atom is 0.150 e. The van der Waals surface area contributed by atoms with Gasteiger partial charge in [-0.15, -0.1) is 10.2 Å². The van der Waals surface area contributed by atoms with Gasteiger partial charge in [-0.2, -0.15) is 0 Å². The van der Waals surface area contributed by atoms with Crippen LogP contribution >= 0.6 is 11.3 Å². The third kappa shape index (κ3) is 3.11. The first-order valence-corrected chi connectivity index (χ1v) is 6.76. The highest BCUT2D eigenvalue weighted by atomic mass is 32.1. The Morgan fingerprint density at radius 2 is 2.17 bits per heavy atom. The van der Waals surface area contributed by atoms with Crippen molar-refractivity contribution in [1.29, 1.82) is 0 Å². The number of aryl methyl sites for hydroxylation is 2. The molecule has 5 heteroatoms. The highest BCUT2D eigenvalue weighted by molar-refractivity contribution is 7.14. The van der Waals surface area contributed by atoms with Crippen molar-refractivity contribution in [1.82, 2.24) is 15.5 Å². The molecule has 18 heavy (non-hydrogen) atoms. The second-order valence-corrected chi connectivity index (χ2v) is 5.25. The lowest BCUT2D eigenvalue weighted by Gasteiger charge is -1.99. The van der Waals surface area contributed by atoms with Crippen molar-refractivity contribution < 1.29 is 4.39 Å². The van der Waals surface area contributed by atoms with E-state index in [1.54, 1.807) is 6.07 Å². The Morgan fingerprint density at radius 3 is 2.89 bits per heavy atom. The second-order valence-electron chi connectivity index (χ2n) is 4.19. The van der Waals surface area contributed by atoms with E-state index in [9.17, 15) is 4.39 Å². The van der Waals surface area contributed by atoms with E-state index in [0.29, 0.717) is 10.6 Å². The molecule has 0 radical (unpaired) electrons.